The maximum absolute atomic E-state index is 3.57. The SMILES string of the molecule is CC1CCC2CNCC(C)C2C1C. The first-order valence-corrected chi connectivity index (χ1v) is 5.91. The van der Waals surface area contributed by atoms with Gasteiger partial charge in [0.05, 0.1) is 0 Å². The smallest absolute Gasteiger partial charge is 0.00175 e. The second kappa shape index (κ2) is 3.61. The Morgan fingerprint density at radius 1 is 0.923 bits per heavy atom. The lowest BCUT2D eigenvalue weighted by Gasteiger charge is -2.47. The number of rotatable bonds is 0. The minimum Gasteiger partial charge on any atom is -0.316 e. The van der Waals surface area contributed by atoms with Gasteiger partial charge in [0.15, 0.2) is 0 Å². The van der Waals surface area contributed by atoms with Gasteiger partial charge < -0.3 is 5.32 Å². The van der Waals surface area contributed by atoms with E-state index in [0.717, 1.165) is 29.6 Å². The van der Waals surface area contributed by atoms with Crippen LogP contribution >= 0.6 is 0 Å². The van der Waals surface area contributed by atoms with Crippen molar-refractivity contribution >= 4 is 0 Å². The highest BCUT2D eigenvalue weighted by atomic mass is 14.9. The lowest BCUT2D eigenvalue weighted by molar-refractivity contribution is 0.0432. The first kappa shape index (κ1) is 9.51. The number of hydrogen-bond acceptors (Lipinski definition) is 1. The molecule has 1 nitrogen and oxygen atoms in total. The second-order valence-corrected chi connectivity index (χ2v) is 5.39. The zero-order valence-electron chi connectivity index (χ0n) is 9.22. The first-order valence-electron chi connectivity index (χ1n) is 5.91. The van der Waals surface area contributed by atoms with E-state index in [1.54, 1.807) is 0 Å². The molecule has 0 aromatic heterocycles. The van der Waals surface area contributed by atoms with Crippen LogP contribution in [0, 0.1) is 29.6 Å². The molecular formula is C12H23N. The monoisotopic (exact) mass is 181 g/mol. The van der Waals surface area contributed by atoms with E-state index in [-0.39, 0.29) is 0 Å². The molecule has 13 heavy (non-hydrogen) atoms. The molecule has 1 aliphatic carbocycles. The van der Waals surface area contributed by atoms with Gasteiger partial charge in [0.1, 0.15) is 0 Å². The highest BCUT2D eigenvalue weighted by Crippen LogP contribution is 2.43. The fraction of sp³-hybridized carbons (Fsp3) is 1.00. The van der Waals surface area contributed by atoms with Crippen LogP contribution in [0.5, 0.6) is 0 Å². The van der Waals surface area contributed by atoms with Crippen LogP contribution < -0.4 is 5.32 Å². The van der Waals surface area contributed by atoms with Gasteiger partial charge in [-0.15, -0.1) is 0 Å². The standard InChI is InChI=1S/C12H23N/c1-8-4-5-11-7-13-6-9(2)12(11)10(8)3/h8-13H,4-7H2,1-3H3. The normalized spacial score (nSPS) is 51.5. The molecular weight excluding hydrogens is 158 g/mol. The van der Waals surface area contributed by atoms with E-state index < -0.39 is 0 Å². The highest BCUT2D eigenvalue weighted by molar-refractivity contribution is 4.90. The maximum atomic E-state index is 3.57. The predicted octanol–water partition coefficient (Wildman–Crippen LogP) is 2.52. The number of hydrogen-bond donors (Lipinski definition) is 1. The molecule has 0 aromatic rings. The molecule has 0 spiro atoms. The Kier molecular flexibility index (Phi) is 2.64. The highest BCUT2D eigenvalue weighted by Gasteiger charge is 2.39. The summed E-state index contributed by atoms with van der Waals surface area (Å²) in [7, 11) is 0. The topological polar surface area (TPSA) is 12.0 Å². The summed E-state index contributed by atoms with van der Waals surface area (Å²) in [5, 5.41) is 3.57. The molecule has 0 amide bonds. The van der Waals surface area contributed by atoms with Gasteiger partial charge in [0.2, 0.25) is 0 Å². The lowest BCUT2D eigenvalue weighted by atomic mass is 9.62. The van der Waals surface area contributed by atoms with Crippen molar-refractivity contribution in [1.29, 1.82) is 0 Å². The van der Waals surface area contributed by atoms with Crippen LogP contribution in [0.25, 0.3) is 0 Å². The van der Waals surface area contributed by atoms with Gasteiger partial charge in [0.25, 0.3) is 0 Å². The van der Waals surface area contributed by atoms with E-state index in [9.17, 15) is 0 Å². The minimum atomic E-state index is 0.900. The van der Waals surface area contributed by atoms with E-state index in [1.165, 1.54) is 25.9 Å². The Bertz CT molecular complexity index is 176. The largest absolute Gasteiger partial charge is 0.316 e. The van der Waals surface area contributed by atoms with E-state index in [2.05, 4.69) is 26.1 Å². The fourth-order valence-corrected chi connectivity index (χ4v) is 3.59. The van der Waals surface area contributed by atoms with E-state index in [4.69, 9.17) is 0 Å². The molecule has 5 unspecified atom stereocenters. The van der Waals surface area contributed by atoms with Gasteiger partial charge in [-0.1, -0.05) is 27.2 Å². The first-order chi connectivity index (χ1) is 6.20. The van der Waals surface area contributed by atoms with Gasteiger partial charge in [-0.3, -0.25) is 0 Å². The molecule has 0 aromatic carbocycles. The molecule has 1 heterocycles. The Hall–Kier alpha value is -0.0400. The Morgan fingerprint density at radius 2 is 1.69 bits per heavy atom. The molecule has 1 aliphatic heterocycles. The third-order valence-electron chi connectivity index (χ3n) is 4.57. The predicted molar refractivity (Wildman–Crippen MR) is 56.6 cm³/mol. The van der Waals surface area contributed by atoms with Crippen molar-refractivity contribution in [2.24, 2.45) is 29.6 Å². The summed E-state index contributed by atoms with van der Waals surface area (Å²) in [5.74, 6) is 4.80. The molecule has 1 heteroatoms. The summed E-state index contributed by atoms with van der Waals surface area (Å²) in [5.41, 5.74) is 0. The Morgan fingerprint density at radius 3 is 2.46 bits per heavy atom. The summed E-state index contributed by atoms with van der Waals surface area (Å²) < 4.78 is 0. The van der Waals surface area contributed by atoms with Gasteiger partial charge in [-0.2, -0.15) is 0 Å². The van der Waals surface area contributed by atoms with Crippen molar-refractivity contribution in [2.75, 3.05) is 13.1 Å². The van der Waals surface area contributed by atoms with E-state index in [0.29, 0.717) is 0 Å². The number of nitrogens with one attached hydrogen (secondary N) is 1. The molecule has 2 rings (SSSR count). The molecule has 2 fully saturated rings. The number of fused-ring (bicyclic) bond motifs is 1. The molecule has 1 N–H and O–H groups in total. The Balaban J connectivity index is 2.10. The molecule has 0 bridgehead atoms. The fourth-order valence-electron chi connectivity index (χ4n) is 3.59. The quantitative estimate of drug-likeness (QED) is 0.605. The van der Waals surface area contributed by atoms with Crippen LogP contribution in [0.3, 0.4) is 0 Å². The molecule has 2 aliphatic rings. The van der Waals surface area contributed by atoms with Crippen molar-refractivity contribution in [3.8, 4) is 0 Å². The van der Waals surface area contributed by atoms with Crippen LogP contribution in [0.15, 0.2) is 0 Å². The molecule has 76 valence electrons. The van der Waals surface area contributed by atoms with E-state index >= 15 is 0 Å². The summed E-state index contributed by atoms with van der Waals surface area (Å²) in [6.07, 6.45) is 2.92. The summed E-state index contributed by atoms with van der Waals surface area (Å²) >= 11 is 0. The third-order valence-corrected chi connectivity index (χ3v) is 4.57. The van der Waals surface area contributed by atoms with Crippen molar-refractivity contribution < 1.29 is 0 Å². The molecule has 1 saturated carbocycles. The third kappa shape index (κ3) is 1.63. The molecule has 0 radical (unpaired) electrons. The van der Waals surface area contributed by atoms with Gasteiger partial charge in [0, 0.05) is 0 Å². The van der Waals surface area contributed by atoms with Crippen molar-refractivity contribution in [3.05, 3.63) is 0 Å². The van der Waals surface area contributed by atoms with Crippen molar-refractivity contribution in [3.63, 3.8) is 0 Å². The Labute approximate surface area is 82.3 Å². The van der Waals surface area contributed by atoms with Crippen molar-refractivity contribution in [1.82, 2.24) is 5.32 Å². The maximum Gasteiger partial charge on any atom is -0.00175 e. The second-order valence-electron chi connectivity index (χ2n) is 5.39. The zero-order chi connectivity index (χ0) is 9.42. The summed E-state index contributed by atoms with van der Waals surface area (Å²) in [6.45, 7) is 9.88. The van der Waals surface area contributed by atoms with Gasteiger partial charge >= 0.3 is 0 Å². The molecule has 5 atom stereocenters. The van der Waals surface area contributed by atoms with Gasteiger partial charge in [-0.05, 0) is 49.1 Å². The number of piperidine rings is 1. The lowest BCUT2D eigenvalue weighted by Crippen LogP contribution is -2.48. The van der Waals surface area contributed by atoms with Crippen molar-refractivity contribution in [2.45, 2.75) is 33.6 Å². The van der Waals surface area contributed by atoms with E-state index in [1.807, 2.05) is 0 Å². The van der Waals surface area contributed by atoms with Crippen LogP contribution in [0.4, 0.5) is 0 Å². The van der Waals surface area contributed by atoms with Crippen LogP contribution in [0.2, 0.25) is 0 Å². The zero-order valence-corrected chi connectivity index (χ0v) is 9.22. The van der Waals surface area contributed by atoms with Crippen LogP contribution in [-0.2, 0) is 0 Å². The summed E-state index contributed by atoms with van der Waals surface area (Å²) in [6, 6.07) is 0. The summed E-state index contributed by atoms with van der Waals surface area (Å²) in [4.78, 5) is 0. The minimum absolute atomic E-state index is 0.900. The molecule has 1 saturated heterocycles. The van der Waals surface area contributed by atoms with Crippen LogP contribution in [-0.4, -0.2) is 13.1 Å². The van der Waals surface area contributed by atoms with Crippen LogP contribution in [0.1, 0.15) is 33.6 Å². The van der Waals surface area contributed by atoms with Gasteiger partial charge in [-0.25, -0.2) is 0 Å². The average molecular weight is 181 g/mol. The average Bonchev–Trinajstić information content (AvgIpc) is 2.12.